The van der Waals surface area contributed by atoms with Crippen LogP contribution in [-0.2, 0) is 0 Å². The van der Waals surface area contributed by atoms with Gasteiger partial charge in [0.05, 0.1) is 17.5 Å². The van der Waals surface area contributed by atoms with Gasteiger partial charge in [0, 0.05) is 16.7 Å². The van der Waals surface area contributed by atoms with Crippen molar-refractivity contribution in [2.24, 2.45) is 5.92 Å². The number of aromatic nitrogens is 3. The van der Waals surface area contributed by atoms with Gasteiger partial charge in [0.15, 0.2) is 5.65 Å². The van der Waals surface area contributed by atoms with Crippen molar-refractivity contribution in [1.82, 2.24) is 14.6 Å². The van der Waals surface area contributed by atoms with Crippen molar-refractivity contribution in [3.63, 3.8) is 0 Å². The quantitative estimate of drug-likeness (QED) is 0.703. The highest BCUT2D eigenvalue weighted by Gasteiger charge is 2.32. The molecule has 1 N–H and O–H groups in total. The lowest BCUT2D eigenvalue weighted by Crippen LogP contribution is -2.36. The summed E-state index contributed by atoms with van der Waals surface area (Å²) in [7, 11) is 0. The Morgan fingerprint density at radius 1 is 1.15 bits per heavy atom. The Labute approximate surface area is 164 Å². The monoisotopic (exact) mass is 385 g/mol. The molecule has 0 bridgehead atoms. The molecule has 0 spiro atoms. The van der Waals surface area contributed by atoms with E-state index in [2.05, 4.69) is 10.1 Å². The van der Waals surface area contributed by atoms with Gasteiger partial charge in [-0.15, -0.1) is 5.10 Å². The molecule has 6 heteroatoms. The molecule has 1 fully saturated rings. The van der Waals surface area contributed by atoms with Gasteiger partial charge >= 0.3 is 0 Å². The van der Waals surface area contributed by atoms with E-state index in [1.165, 1.54) is 0 Å². The molecule has 2 heterocycles. The molecule has 0 saturated heterocycles. The molecule has 0 atom stereocenters. The van der Waals surface area contributed by atoms with Crippen molar-refractivity contribution in [2.45, 2.75) is 51.2 Å². The van der Waals surface area contributed by atoms with Crippen LogP contribution in [0.4, 0.5) is 0 Å². The predicted octanol–water partition coefficient (Wildman–Crippen LogP) is 4.76. The van der Waals surface area contributed by atoms with Gasteiger partial charge in [-0.25, -0.2) is 9.50 Å². The maximum absolute atomic E-state index is 10.2. The molecular weight excluding hydrogens is 362 g/mol. The van der Waals surface area contributed by atoms with Gasteiger partial charge in [-0.05, 0) is 63.6 Å². The highest BCUT2D eigenvalue weighted by atomic mass is 35.5. The number of halogens is 1. The Bertz CT molecular complexity index is 940. The van der Waals surface area contributed by atoms with Crippen molar-refractivity contribution in [3.8, 4) is 17.1 Å². The van der Waals surface area contributed by atoms with Crippen LogP contribution in [0.5, 0.6) is 5.88 Å². The maximum atomic E-state index is 10.2. The molecule has 1 saturated carbocycles. The first-order valence-corrected chi connectivity index (χ1v) is 9.78. The third-order valence-electron chi connectivity index (χ3n) is 5.42. The topological polar surface area (TPSA) is 59.7 Å². The Balaban J connectivity index is 1.53. The molecule has 0 amide bonds. The van der Waals surface area contributed by atoms with Crippen LogP contribution in [-0.4, -0.2) is 31.4 Å². The van der Waals surface area contributed by atoms with Crippen molar-refractivity contribution in [3.05, 3.63) is 47.6 Å². The van der Waals surface area contributed by atoms with E-state index in [9.17, 15) is 5.11 Å². The van der Waals surface area contributed by atoms with Crippen LogP contribution < -0.4 is 4.74 Å². The van der Waals surface area contributed by atoms with E-state index in [-0.39, 0.29) is 6.10 Å². The van der Waals surface area contributed by atoms with Gasteiger partial charge in [-0.1, -0.05) is 23.7 Å². The number of fused-ring (bicyclic) bond motifs is 1. The molecule has 5 nitrogen and oxygen atoms in total. The van der Waals surface area contributed by atoms with Crippen LogP contribution in [0.3, 0.4) is 0 Å². The standard InChI is InChI=1S/C21H24ClN3O2/c1-21(2,26)15-6-8-17(9-7-15)27-20-11-10-19-23-13-18(25(19)24-20)14-4-3-5-16(22)12-14/h3-5,10-13,15,17,26H,6-9H2,1-2H3/t15-,17-. The Hall–Kier alpha value is -2.11. The first-order chi connectivity index (χ1) is 12.9. The molecule has 1 aliphatic rings. The minimum absolute atomic E-state index is 0.131. The number of benzene rings is 1. The van der Waals surface area contributed by atoms with Crippen molar-refractivity contribution < 1.29 is 9.84 Å². The highest BCUT2D eigenvalue weighted by molar-refractivity contribution is 6.30. The fourth-order valence-electron chi connectivity index (χ4n) is 3.82. The molecule has 0 aliphatic heterocycles. The van der Waals surface area contributed by atoms with Crippen LogP contribution in [0.2, 0.25) is 5.02 Å². The summed E-state index contributed by atoms with van der Waals surface area (Å²) in [5, 5.41) is 15.5. The number of ether oxygens (including phenoxy) is 1. The molecule has 4 rings (SSSR count). The second-order valence-corrected chi connectivity index (χ2v) is 8.28. The largest absolute Gasteiger partial charge is 0.473 e. The Morgan fingerprint density at radius 2 is 1.93 bits per heavy atom. The van der Waals surface area contributed by atoms with Gasteiger partial charge in [0.25, 0.3) is 0 Å². The first-order valence-electron chi connectivity index (χ1n) is 9.40. The second-order valence-electron chi connectivity index (χ2n) is 7.84. The Kier molecular flexibility index (Phi) is 4.82. The summed E-state index contributed by atoms with van der Waals surface area (Å²) in [6.45, 7) is 3.79. The first kappa shape index (κ1) is 18.3. The molecule has 142 valence electrons. The zero-order chi connectivity index (χ0) is 19.0. The fraction of sp³-hybridized carbons (Fsp3) is 0.429. The van der Waals surface area contributed by atoms with E-state index in [0.717, 1.165) is 42.6 Å². The third kappa shape index (κ3) is 3.94. The average Bonchev–Trinajstić information content (AvgIpc) is 3.05. The molecule has 27 heavy (non-hydrogen) atoms. The molecule has 1 aromatic carbocycles. The van der Waals surface area contributed by atoms with Gasteiger partial charge in [-0.2, -0.15) is 0 Å². The summed E-state index contributed by atoms with van der Waals surface area (Å²) in [6, 6.07) is 11.4. The summed E-state index contributed by atoms with van der Waals surface area (Å²) < 4.78 is 7.94. The van der Waals surface area contributed by atoms with E-state index in [4.69, 9.17) is 16.3 Å². The summed E-state index contributed by atoms with van der Waals surface area (Å²) in [5.41, 5.74) is 1.99. The van der Waals surface area contributed by atoms with Crippen LogP contribution in [0.15, 0.2) is 42.6 Å². The summed E-state index contributed by atoms with van der Waals surface area (Å²) in [6.07, 6.45) is 5.72. The molecule has 0 unspecified atom stereocenters. The van der Waals surface area contributed by atoms with Crippen LogP contribution in [0.25, 0.3) is 16.9 Å². The molecule has 3 aromatic rings. The Morgan fingerprint density at radius 3 is 2.63 bits per heavy atom. The normalized spacial score (nSPS) is 20.7. The van der Waals surface area contributed by atoms with Crippen LogP contribution >= 0.6 is 11.6 Å². The number of aliphatic hydroxyl groups is 1. The van der Waals surface area contributed by atoms with Crippen molar-refractivity contribution in [2.75, 3.05) is 0 Å². The third-order valence-corrected chi connectivity index (χ3v) is 5.65. The minimum Gasteiger partial charge on any atom is -0.473 e. The lowest BCUT2D eigenvalue weighted by Gasteiger charge is -2.35. The summed E-state index contributed by atoms with van der Waals surface area (Å²) in [5.74, 6) is 0.923. The maximum Gasteiger partial charge on any atom is 0.232 e. The number of rotatable bonds is 4. The number of hydrogen-bond donors (Lipinski definition) is 1. The minimum atomic E-state index is -0.620. The SMILES string of the molecule is CC(C)(O)[C@H]1CC[C@H](Oc2ccc3ncc(-c4cccc(Cl)c4)n3n2)CC1. The molecule has 2 aromatic heterocycles. The van der Waals surface area contributed by atoms with E-state index in [1.807, 2.05) is 50.2 Å². The summed E-state index contributed by atoms with van der Waals surface area (Å²) >= 11 is 6.12. The number of imidazole rings is 1. The lowest BCUT2D eigenvalue weighted by atomic mass is 9.78. The zero-order valence-corrected chi connectivity index (χ0v) is 16.4. The van der Waals surface area contributed by atoms with Crippen molar-refractivity contribution in [1.29, 1.82) is 0 Å². The van der Waals surface area contributed by atoms with E-state index in [1.54, 1.807) is 10.7 Å². The van der Waals surface area contributed by atoms with E-state index >= 15 is 0 Å². The second kappa shape index (κ2) is 7.13. The van der Waals surface area contributed by atoms with Crippen LogP contribution in [0, 0.1) is 5.92 Å². The smallest absolute Gasteiger partial charge is 0.232 e. The van der Waals surface area contributed by atoms with Gasteiger partial charge in [0.2, 0.25) is 5.88 Å². The average molecular weight is 386 g/mol. The summed E-state index contributed by atoms with van der Waals surface area (Å²) in [4.78, 5) is 4.42. The molecule has 0 radical (unpaired) electrons. The van der Waals surface area contributed by atoms with E-state index < -0.39 is 5.60 Å². The number of nitrogens with zero attached hydrogens (tertiary/aromatic N) is 3. The van der Waals surface area contributed by atoms with Crippen LogP contribution in [0.1, 0.15) is 39.5 Å². The van der Waals surface area contributed by atoms with Gasteiger partial charge in [0.1, 0.15) is 6.10 Å². The van der Waals surface area contributed by atoms with Gasteiger partial charge < -0.3 is 9.84 Å². The lowest BCUT2D eigenvalue weighted by molar-refractivity contribution is -0.0157. The molecule has 1 aliphatic carbocycles. The fourth-order valence-corrected chi connectivity index (χ4v) is 4.01. The zero-order valence-electron chi connectivity index (χ0n) is 15.6. The highest BCUT2D eigenvalue weighted by Crippen LogP contribution is 2.34. The number of hydrogen-bond acceptors (Lipinski definition) is 4. The predicted molar refractivity (Wildman–Crippen MR) is 106 cm³/mol. The van der Waals surface area contributed by atoms with Crippen molar-refractivity contribution >= 4 is 17.2 Å². The molecular formula is C21H24ClN3O2. The van der Waals surface area contributed by atoms with E-state index in [0.29, 0.717) is 16.8 Å². The van der Waals surface area contributed by atoms with Gasteiger partial charge in [-0.3, -0.25) is 0 Å².